The van der Waals surface area contributed by atoms with Crippen molar-refractivity contribution in [1.82, 2.24) is 4.98 Å². The quantitative estimate of drug-likeness (QED) is 0.687. The van der Waals surface area contributed by atoms with E-state index < -0.39 is 5.91 Å². The van der Waals surface area contributed by atoms with Gasteiger partial charge in [-0.15, -0.1) is 0 Å². The van der Waals surface area contributed by atoms with Gasteiger partial charge in [0.1, 0.15) is 5.82 Å². The summed E-state index contributed by atoms with van der Waals surface area (Å²) in [5, 5.41) is 3.22. The smallest absolute Gasteiger partial charge is 0.248 e. The number of amides is 1. The first-order chi connectivity index (χ1) is 8.06. The third kappa shape index (κ3) is 4.03. The zero-order chi connectivity index (χ0) is 12.8. The van der Waals surface area contributed by atoms with Crippen LogP contribution in [0.1, 0.15) is 35.8 Å². The molecule has 0 saturated carbocycles. The first-order valence-corrected chi connectivity index (χ1v) is 5.82. The molecule has 0 aromatic carbocycles. The van der Waals surface area contributed by atoms with Gasteiger partial charge >= 0.3 is 0 Å². The summed E-state index contributed by atoms with van der Waals surface area (Å²) in [7, 11) is 0. The van der Waals surface area contributed by atoms with Crippen LogP contribution in [0, 0.1) is 6.92 Å². The van der Waals surface area contributed by atoms with Gasteiger partial charge in [0.15, 0.2) is 0 Å². The normalized spacial score (nSPS) is 12.2. The van der Waals surface area contributed by atoms with E-state index in [2.05, 4.69) is 17.2 Å². The molecule has 17 heavy (non-hydrogen) atoms. The molecule has 94 valence electrons. The van der Waals surface area contributed by atoms with Crippen molar-refractivity contribution in [3.05, 3.63) is 23.4 Å². The van der Waals surface area contributed by atoms with E-state index in [0.29, 0.717) is 17.9 Å². The first kappa shape index (κ1) is 13.4. The minimum absolute atomic E-state index is 0.176. The number of pyridine rings is 1. The Hall–Kier alpha value is -1.62. The number of aryl methyl sites for hydroxylation is 1. The monoisotopic (exact) mass is 236 g/mol. The average Bonchev–Trinajstić information content (AvgIpc) is 2.27. The van der Waals surface area contributed by atoms with Crippen LogP contribution >= 0.6 is 0 Å². The maximum Gasteiger partial charge on any atom is 0.248 e. The van der Waals surface area contributed by atoms with Crippen LogP contribution in [0.4, 0.5) is 5.82 Å². The van der Waals surface area contributed by atoms with Gasteiger partial charge in [-0.1, -0.05) is 13.3 Å². The molecule has 1 heterocycles. The second kappa shape index (κ2) is 6.20. The first-order valence-electron chi connectivity index (χ1n) is 5.82. The van der Waals surface area contributed by atoms with Crippen LogP contribution < -0.4 is 16.8 Å². The summed E-state index contributed by atoms with van der Waals surface area (Å²) in [6, 6.07) is 3.51. The summed E-state index contributed by atoms with van der Waals surface area (Å²) in [6.07, 6.45) is 2.02. The van der Waals surface area contributed by atoms with E-state index in [9.17, 15) is 4.79 Å². The highest BCUT2D eigenvalue weighted by molar-refractivity contribution is 5.93. The van der Waals surface area contributed by atoms with Crippen LogP contribution in [0.15, 0.2) is 12.1 Å². The average molecular weight is 236 g/mol. The van der Waals surface area contributed by atoms with Crippen LogP contribution in [0.3, 0.4) is 0 Å². The number of carbonyl (C=O) groups excluding carboxylic acids is 1. The van der Waals surface area contributed by atoms with Gasteiger partial charge in [0.05, 0.1) is 0 Å². The molecule has 0 aliphatic carbocycles. The number of rotatable bonds is 6. The Morgan fingerprint density at radius 2 is 2.24 bits per heavy atom. The zero-order valence-corrected chi connectivity index (χ0v) is 10.4. The molecule has 0 radical (unpaired) electrons. The molecule has 5 N–H and O–H groups in total. The maximum atomic E-state index is 11.1. The van der Waals surface area contributed by atoms with Crippen molar-refractivity contribution in [2.24, 2.45) is 11.5 Å². The molecule has 1 unspecified atom stereocenters. The van der Waals surface area contributed by atoms with Gasteiger partial charge in [-0.3, -0.25) is 4.79 Å². The Kier molecular flexibility index (Phi) is 4.90. The maximum absolute atomic E-state index is 11.1. The molecule has 1 aromatic heterocycles. The fourth-order valence-electron chi connectivity index (χ4n) is 1.69. The molecule has 0 aliphatic rings. The third-order valence-corrected chi connectivity index (χ3v) is 2.51. The summed E-state index contributed by atoms with van der Waals surface area (Å²) in [6.45, 7) is 4.47. The number of nitrogens with zero attached hydrogens (tertiary/aromatic N) is 1. The number of carbonyl (C=O) groups is 1. The third-order valence-electron chi connectivity index (χ3n) is 2.51. The number of hydrogen-bond acceptors (Lipinski definition) is 4. The van der Waals surface area contributed by atoms with Gasteiger partial charge in [-0.05, 0) is 25.5 Å². The lowest BCUT2D eigenvalue weighted by Gasteiger charge is -2.17. The molecular weight excluding hydrogens is 216 g/mol. The Balaban J connectivity index is 2.86. The van der Waals surface area contributed by atoms with Crippen LogP contribution in [0.2, 0.25) is 0 Å². The number of nitrogens with one attached hydrogen (secondary N) is 1. The van der Waals surface area contributed by atoms with Gasteiger partial charge in [0.2, 0.25) is 5.91 Å². The van der Waals surface area contributed by atoms with Crippen molar-refractivity contribution in [2.45, 2.75) is 32.7 Å². The lowest BCUT2D eigenvalue weighted by molar-refractivity contribution is 0.1000. The highest BCUT2D eigenvalue weighted by Crippen LogP contribution is 2.12. The Bertz CT molecular complexity index is 392. The summed E-state index contributed by atoms with van der Waals surface area (Å²) >= 11 is 0. The van der Waals surface area contributed by atoms with Gasteiger partial charge in [0.25, 0.3) is 0 Å². The Morgan fingerprint density at radius 3 is 2.76 bits per heavy atom. The fraction of sp³-hybridized carbons (Fsp3) is 0.500. The second-order valence-electron chi connectivity index (χ2n) is 4.11. The van der Waals surface area contributed by atoms with Gasteiger partial charge in [-0.2, -0.15) is 0 Å². The molecule has 0 saturated heterocycles. The van der Waals surface area contributed by atoms with E-state index in [1.54, 1.807) is 12.1 Å². The van der Waals surface area contributed by atoms with Crippen molar-refractivity contribution in [3.8, 4) is 0 Å². The second-order valence-corrected chi connectivity index (χ2v) is 4.11. The number of aromatic nitrogens is 1. The highest BCUT2D eigenvalue weighted by Gasteiger charge is 2.09. The van der Waals surface area contributed by atoms with Crippen LogP contribution in [0.25, 0.3) is 0 Å². The van der Waals surface area contributed by atoms with Gasteiger partial charge in [-0.25, -0.2) is 4.98 Å². The van der Waals surface area contributed by atoms with Gasteiger partial charge < -0.3 is 16.8 Å². The van der Waals surface area contributed by atoms with Crippen molar-refractivity contribution >= 4 is 11.7 Å². The van der Waals surface area contributed by atoms with E-state index in [1.807, 2.05) is 6.92 Å². The standard InChI is InChI=1S/C12H20N4O/c1-3-4-10(7-13)16-11-6-9(12(14)17)5-8(2)15-11/h5-6,10H,3-4,7,13H2,1-2H3,(H2,14,17)(H,15,16). The Morgan fingerprint density at radius 1 is 1.53 bits per heavy atom. The minimum Gasteiger partial charge on any atom is -0.366 e. The summed E-state index contributed by atoms with van der Waals surface area (Å²) in [5.41, 5.74) is 12.1. The van der Waals surface area contributed by atoms with E-state index >= 15 is 0 Å². The lowest BCUT2D eigenvalue weighted by atomic mass is 10.1. The molecule has 5 heteroatoms. The lowest BCUT2D eigenvalue weighted by Crippen LogP contribution is -2.29. The molecule has 1 aromatic rings. The van der Waals surface area contributed by atoms with Crippen LogP contribution in [0.5, 0.6) is 0 Å². The largest absolute Gasteiger partial charge is 0.366 e. The number of hydrogen-bond donors (Lipinski definition) is 3. The molecular formula is C12H20N4O. The fourth-order valence-corrected chi connectivity index (χ4v) is 1.69. The number of nitrogens with two attached hydrogens (primary N) is 2. The Labute approximate surface area is 102 Å². The van der Waals surface area contributed by atoms with Crippen LogP contribution in [-0.4, -0.2) is 23.5 Å². The van der Waals surface area contributed by atoms with Gasteiger partial charge in [0, 0.05) is 23.8 Å². The molecule has 5 nitrogen and oxygen atoms in total. The molecule has 0 bridgehead atoms. The van der Waals surface area contributed by atoms with Crippen molar-refractivity contribution < 1.29 is 4.79 Å². The topological polar surface area (TPSA) is 94.0 Å². The van der Waals surface area contributed by atoms with Crippen molar-refractivity contribution in [3.63, 3.8) is 0 Å². The molecule has 0 spiro atoms. The molecule has 1 atom stereocenters. The molecule has 1 amide bonds. The van der Waals surface area contributed by atoms with Crippen LogP contribution in [-0.2, 0) is 0 Å². The van der Waals surface area contributed by atoms with E-state index in [0.717, 1.165) is 18.5 Å². The summed E-state index contributed by atoms with van der Waals surface area (Å²) < 4.78 is 0. The summed E-state index contributed by atoms with van der Waals surface area (Å²) in [5.74, 6) is 0.209. The predicted molar refractivity (Wildman–Crippen MR) is 68.9 cm³/mol. The van der Waals surface area contributed by atoms with E-state index in [4.69, 9.17) is 11.5 Å². The molecule has 0 fully saturated rings. The number of primary amides is 1. The van der Waals surface area contributed by atoms with E-state index in [1.165, 1.54) is 0 Å². The zero-order valence-electron chi connectivity index (χ0n) is 10.4. The number of anilines is 1. The summed E-state index contributed by atoms with van der Waals surface area (Å²) in [4.78, 5) is 15.4. The predicted octanol–water partition coefficient (Wildman–Crippen LogP) is 1.03. The minimum atomic E-state index is -0.446. The van der Waals surface area contributed by atoms with Crippen molar-refractivity contribution in [2.75, 3.05) is 11.9 Å². The SMILES string of the molecule is CCCC(CN)Nc1cc(C(N)=O)cc(C)n1. The van der Waals surface area contributed by atoms with E-state index in [-0.39, 0.29) is 6.04 Å². The molecule has 0 aliphatic heterocycles. The highest BCUT2D eigenvalue weighted by atomic mass is 16.1. The molecule has 1 rings (SSSR count). The van der Waals surface area contributed by atoms with Crippen molar-refractivity contribution in [1.29, 1.82) is 0 Å².